The number of hydrogen-bond donors (Lipinski definition) is 2. The van der Waals surface area contributed by atoms with Crippen molar-refractivity contribution in [2.75, 3.05) is 13.1 Å². The van der Waals surface area contributed by atoms with E-state index in [4.69, 9.17) is 0 Å². The van der Waals surface area contributed by atoms with Gasteiger partial charge in [-0.3, -0.25) is 9.59 Å². The fourth-order valence-electron chi connectivity index (χ4n) is 3.72. The van der Waals surface area contributed by atoms with E-state index in [0.717, 1.165) is 10.0 Å². The molecule has 0 spiro atoms. The Morgan fingerprint density at radius 1 is 1.06 bits per heavy atom. The number of rotatable bonds is 5. The Hall–Kier alpha value is -3.23. The van der Waals surface area contributed by atoms with E-state index >= 15 is 0 Å². The number of hydrogen-bond acceptors (Lipinski definition) is 4. The molecule has 1 saturated heterocycles. The Kier molecular flexibility index (Phi) is 6.53. The zero-order chi connectivity index (χ0) is 22.6. The molecule has 7 nitrogen and oxygen atoms in total. The van der Waals surface area contributed by atoms with Crippen molar-refractivity contribution in [3.05, 3.63) is 94.6 Å². The predicted molar refractivity (Wildman–Crippen MR) is 124 cm³/mol. The molecule has 32 heavy (non-hydrogen) atoms. The van der Waals surface area contributed by atoms with Gasteiger partial charge in [0, 0.05) is 41.7 Å². The minimum Gasteiger partial charge on any atom is -0.385 e. The number of imidazole rings is 1. The van der Waals surface area contributed by atoms with Crippen molar-refractivity contribution in [1.82, 2.24) is 19.8 Å². The average molecular weight is 495 g/mol. The molecule has 2 heterocycles. The van der Waals surface area contributed by atoms with Crippen molar-refractivity contribution in [3.8, 4) is 0 Å². The molecule has 1 fully saturated rings. The minimum atomic E-state index is -0.987. The van der Waals surface area contributed by atoms with Crippen LogP contribution in [0.5, 0.6) is 0 Å². The molecule has 2 N–H and O–H groups in total. The summed E-state index contributed by atoms with van der Waals surface area (Å²) in [6.45, 7) is 0.738. The maximum atomic E-state index is 13.3. The Morgan fingerprint density at radius 2 is 1.75 bits per heavy atom. The van der Waals surface area contributed by atoms with Crippen LogP contribution in [-0.4, -0.2) is 44.5 Å². The van der Waals surface area contributed by atoms with Gasteiger partial charge in [0.05, 0.1) is 11.9 Å². The van der Waals surface area contributed by atoms with Gasteiger partial charge in [-0.2, -0.15) is 0 Å². The fraction of sp³-hybridized carbons (Fsp3) is 0.208. The maximum absolute atomic E-state index is 13.3. The lowest BCUT2D eigenvalue weighted by molar-refractivity contribution is -0.132. The molecule has 3 aromatic rings. The van der Waals surface area contributed by atoms with E-state index in [1.165, 1.54) is 0 Å². The number of likely N-dealkylation sites (tertiary alicyclic amines) is 1. The van der Waals surface area contributed by atoms with E-state index in [9.17, 15) is 14.7 Å². The topological polar surface area (TPSA) is 87.5 Å². The number of aromatic nitrogens is 2. The van der Waals surface area contributed by atoms with Gasteiger partial charge in [-0.1, -0.05) is 46.3 Å². The molecule has 2 amide bonds. The van der Waals surface area contributed by atoms with E-state index in [1.54, 1.807) is 58.7 Å². The van der Waals surface area contributed by atoms with Crippen LogP contribution in [0.3, 0.4) is 0 Å². The van der Waals surface area contributed by atoms with Crippen molar-refractivity contribution in [1.29, 1.82) is 0 Å². The standard InChI is InChI=1S/C24H23BrN4O3/c25-20-8-6-19(7-9-20)24(32)10-13-29(14-11-24)23(31)21(16-28-15-12-26-17-28)27-22(30)18-4-2-1-3-5-18/h1-9,12,15-17,32H,10-11,13-14H2,(H,27,30)/b21-16-. The monoisotopic (exact) mass is 494 g/mol. The van der Waals surface area contributed by atoms with Crippen LogP contribution in [0.1, 0.15) is 28.8 Å². The molecule has 0 aliphatic carbocycles. The highest BCUT2D eigenvalue weighted by Gasteiger charge is 2.36. The highest BCUT2D eigenvalue weighted by molar-refractivity contribution is 9.10. The third-order valence-corrected chi connectivity index (χ3v) is 6.11. The molecule has 1 aliphatic rings. The summed E-state index contributed by atoms with van der Waals surface area (Å²) >= 11 is 3.41. The third kappa shape index (κ3) is 4.98. The van der Waals surface area contributed by atoms with Gasteiger partial charge in [-0.25, -0.2) is 4.98 Å². The zero-order valence-corrected chi connectivity index (χ0v) is 18.9. The second-order valence-corrected chi connectivity index (χ2v) is 8.62. The molecule has 1 aliphatic heterocycles. The van der Waals surface area contributed by atoms with E-state index < -0.39 is 5.60 Å². The van der Waals surface area contributed by atoms with Crippen molar-refractivity contribution in [2.24, 2.45) is 0 Å². The molecule has 0 atom stereocenters. The molecular formula is C24H23BrN4O3. The van der Waals surface area contributed by atoms with Gasteiger partial charge < -0.3 is 19.9 Å². The van der Waals surface area contributed by atoms with Crippen LogP contribution >= 0.6 is 15.9 Å². The number of nitrogens with zero attached hydrogens (tertiary/aromatic N) is 3. The summed E-state index contributed by atoms with van der Waals surface area (Å²) in [7, 11) is 0. The zero-order valence-electron chi connectivity index (χ0n) is 17.3. The Bertz CT molecular complexity index is 1100. The van der Waals surface area contributed by atoms with Gasteiger partial charge in [0.15, 0.2) is 0 Å². The minimum absolute atomic E-state index is 0.144. The Morgan fingerprint density at radius 3 is 2.38 bits per heavy atom. The average Bonchev–Trinajstić information content (AvgIpc) is 3.33. The van der Waals surface area contributed by atoms with E-state index in [-0.39, 0.29) is 17.5 Å². The first-order valence-electron chi connectivity index (χ1n) is 10.3. The van der Waals surface area contributed by atoms with Crippen molar-refractivity contribution < 1.29 is 14.7 Å². The number of carbonyl (C=O) groups is 2. The van der Waals surface area contributed by atoms with Crippen LogP contribution in [0.4, 0.5) is 0 Å². The molecule has 0 radical (unpaired) electrons. The quantitative estimate of drug-likeness (QED) is 0.532. The van der Waals surface area contributed by atoms with Crippen molar-refractivity contribution >= 4 is 33.9 Å². The molecule has 0 unspecified atom stereocenters. The largest absolute Gasteiger partial charge is 0.385 e. The number of nitrogens with one attached hydrogen (secondary N) is 1. The summed E-state index contributed by atoms with van der Waals surface area (Å²) in [5.74, 6) is -0.672. The highest BCUT2D eigenvalue weighted by atomic mass is 79.9. The van der Waals surface area contributed by atoms with Crippen LogP contribution in [0, 0.1) is 0 Å². The Balaban J connectivity index is 1.50. The summed E-state index contributed by atoms with van der Waals surface area (Å²) in [5, 5.41) is 13.9. The number of aliphatic hydroxyl groups is 1. The lowest BCUT2D eigenvalue weighted by atomic mass is 9.84. The van der Waals surface area contributed by atoms with Crippen molar-refractivity contribution in [3.63, 3.8) is 0 Å². The Labute approximate surface area is 194 Å². The highest BCUT2D eigenvalue weighted by Crippen LogP contribution is 2.33. The summed E-state index contributed by atoms with van der Waals surface area (Å²) in [6, 6.07) is 16.3. The number of carbonyl (C=O) groups excluding carboxylic acids is 2. The number of amides is 2. The van der Waals surface area contributed by atoms with E-state index in [1.807, 2.05) is 30.3 Å². The van der Waals surface area contributed by atoms with Crippen LogP contribution < -0.4 is 5.32 Å². The number of halogens is 1. The van der Waals surface area contributed by atoms with Gasteiger partial charge >= 0.3 is 0 Å². The van der Waals surface area contributed by atoms with Gasteiger partial charge in [0.1, 0.15) is 5.70 Å². The summed E-state index contributed by atoms with van der Waals surface area (Å²) in [4.78, 5) is 31.6. The predicted octanol–water partition coefficient (Wildman–Crippen LogP) is 3.38. The van der Waals surface area contributed by atoms with E-state index in [2.05, 4.69) is 26.2 Å². The van der Waals surface area contributed by atoms with Crippen LogP contribution in [0.2, 0.25) is 0 Å². The lowest BCUT2D eigenvalue weighted by Crippen LogP contribution is -2.47. The second-order valence-electron chi connectivity index (χ2n) is 7.70. The molecule has 0 saturated carbocycles. The molecule has 164 valence electrons. The number of benzene rings is 2. The van der Waals surface area contributed by atoms with Crippen LogP contribution in [0.15, 0.2) is 83.5 Å². The van der Waals surface area contributed by atoms with E-state index in [0.29, 0.717) is 31.5 Å². The third-order valence-electron chi connectivity index (χ3n) is 5.58. The molecule has 4 rings (SSSR count). The molecule has 0 bridgehead atoms. The molecule has 8 heteroatoms. The summed E-state index contributed by atoms with van der Waals surface area (Å²) in [5.41, 5.74) is 0.448. The summed E-state index contributed by atoms with van der Waals surface area (Å²) < 4.78 is 2.56. The fourth-order valence-corrected chi connectivity index (χ4v) is 3.98. The normalized spacial score (nSPS) is 15.9. The van der Waals surface area contributed by atoms with Gasteiger partial charge in [0.25, 0.3) is 11.8 Å². The maximum Gasteiger partial charge on any atom is 0.271 e. The molecular weight excluding hydrogens is 472 g/mol. The van der Waals surface area contributed by atoms with Crippen molar-refractivity contribution in [2.45, 2.75) is 18.4 Å². The SMILES string of the molecule is O=C(N/C(=C\n1ccnc1)C(=O)N1CCC(O)(c2ccc(Br)cc2)CC1)c1ccccc1. The first-order chi connectivity index (χ1) is 15.4. The smallest absolute Gasteiger partial charge is 0.271 e. The van der Waals surface area contributed by atoms with Gasteiger partial charge in [-0.15, -0.1) is 0 Å². The van der Waals surface area contributed by atoms with Gasteiger partial charge in [0.2, 0.25) is 0 Å². The summed E-state index contributed by atoms with van der Waals surface area (Å²) in [6.07, 6.45) is 7.19. The molecule has 2 aromatic carbocycles. The van der Waals surface area contributed by atoms with Gasteiger partial charge in [-0.05, 0) is 42.7 Å². The second kappa shape index (κ2) is 9.50. The lowest BCUT2D eigenvalue weighted by Gasteiger charge is -2.38. The van der Waals surface area contributed by atoms with Crippen LogP contribution in [-0.2, 0) is 10.4 Å². The van der Waals surface area contributed by atoms with Crippen LogP contribution in [0.25, 0.3) is 6.20 Å². The first kappa shape index (κ1) is 22.0. The molecule has 1 aromatic heterocycles. The number of piperidine rings is 1. The first-order valence-corrected chi connectivity index (χ1v) is 11.1.